The molecule has 2 aliphatic rings. The maximum absolute atomic E-state index is 12.6. The fraction of sp³-hybridized carbons (Fsp3) is 0.235. The zero-order valence-corrected chi connectivity index (χ0v) is 14.6. The van der Waals surface area contributed by atoms with E-state index in [0.717, 1.165) is 0 Å². The fourth-order valence-corrected chi connectivity index (χ4v) is 8.56. The number of hydrogen-bond acceptors (Lipinski definition) is 6. The number of para-hydroxylation sites is 2. The van der Waals surface area contributed by atoms with Crippen LogP contribution in [-0.4, -0.2) is 11.0 Å². The van der Waals surface area contributed by atoms with Gasteiger partial charge in [0.1, 0.15) is 21.0 Å². The van der Waals surface area contributed by atoms with E-state index in [4.69, 9.17) is 8.47 Å². The first-order valence-electron chi connectivity index (χ1n) is 7.75. The number of halogens is 1. The van der Waals surface area contributed by atoms with Crippen LogP contribution in [0.5, 0.6) is 11.5 Å². The van der Waals surface area contributed by atoms with Gasteiger partial charge in [0.05, 0.1) is 35.6 Å². The minimum absolute atomic E-state index is 0.0830. The smallest absolute Gasteiger partial charge is 0.147 e. The van der Waals surface area contributed by atoms with E-state index >= 15 is 0 Å². The maximum atomic E-state index is 12.6. The average molecular weight is 383 g/mol. The molecule has 1 fully saturated rings. The number of ether oxygens (including phenoxy) is 1. The Bertz CT molecular complexity index is 788. The first-order chi connectivity index (χ1) is 11.9. The molecule has 0 saturated heterocycles. The number of carbonyl (C=O) groups is 1. The van der Waals surface area contributed by atoms with Crippen molar-refractivity contribution >= 4 is 16.1 Å². The first-order valence-corrected chi connectivity index (χ1v) is 10.6. The molecule has 25 heavy (non-hydrogen) atoms. The lowest BCUT2D eigenvalue weighted by Gasteiger charge is -2.41. The predicted octanol–water partition coefficient (Wildman–Crippen LogP) is 0.965. The number of fused-ring (bicyclic) bond motifs is 2. The Morgan fingerprint density at radius 1 is 1.00 bits per heavy atom. The van der Waals surface area contributed by atoms with Crippen molar-refractivity contribution in [2.75, 3.05) is 0 Å². The Labute approximate surface area is 148 Å². The van der Waals surface area contributed by atoms with Crippen molar-refractivity contribution in [3.05, 3.63) is 48.5 Å². The molecule has 132 valence electrons. The normalized spacial score (nSPS) is 22.7. The van der Waals surface area contributed by atoms with Gasteiger partial charge in [0, 0.05) is 6.42 Å². The highest BCUT2D eigenvalue weighted by Crippen LogP contribution is 2.75. The first kappa shape index (κ1) is 16.8. The van der Waals surface area contributed by atoms with Crippen LogP contribution in [0.3, 0.4) is 0 Å². The molecule has 1 aliphatic heterocycles. The summed E-state index contributed by atoms with van der Waals surface area (Å²) in [6.45, 7) is 0. The second-order valence-electron chi connectivity index (χ2n) is 5.88. The minimum Gasteiger partial charge on any atom is -0.455 e. The molecule has 6 nitrogen and oxygen atoms in total. The molecule has 2 aromatic carbocycles. The van der Waals surface area contributed by atoms with Gasteiger partial charge in [-0.1, -0.05) is 24.3 Å². The molecular weight excluding hydrogens is 368 g/mol. The Kier molecular flexibility index (Phi) is 4.03. The van der Waals surface area contributed by atoms with Gasteiger partial charge in [-0.05, 0) is 37.1 Å². The molecule has 1 unspecified atom stereocenters. The van der Waals surface area contributed by atoms with Crippen molar-refractivity contribution in [2.45, 2.75) is 34.3 Å². The minimum atomic E-state index is -4.74. The van der Waals surface area contributed by atoms with Crippen LogP contribution in [0.15, 0.2) is 58.3 Å². The molecule has 8 heteroatoms. The van der Waals surface area contributed by atoms with Crippen molar-refractivity contribution in [3.63, 3.8) is 0 Å². The second kappa shape index (κ2) is 5.98. The fourth-order valence-electron chi connectivity index (χ4n) is 3.48. The van der Waals surface area contributed by atoms with Crippen molar-refractivity contribution < 1.29 is 37.5 Å². The molecule has 0 amide bonds. The summed E-state index contributed by atoms with van der Waals surface area (Å²) in [6.07, 6.45) is 1.47. The molecule has 2 aromatic rings. The molecular formula is C17H15ClO6S. The van der Waals surface area contributed by atoms with Gasteiger partial charge in [0.15, 0.2) is 0 Å². The Morgan fingerprint density at radius 2 is 1.56 bits per heavy atom. The van der Waals surface area contributed by atoms with Crippen LogP contribution in [0.4, 0.5) is 0 Å². The van der Waals surface area contributed by atoms with Crippen LogP contribution >= 0.6 is 10.3 Å². The predicted molar refractivity (Wildman–Crippen MR) is 80.8 cm³/mol. The van der Waals surface area contributed by atoms with Gasteiger partial charge < -0.3 is 4.74 Å². The van der Waals surface area contributed by atoms with Gasteiger partial charge in [0.2, 0.25) is 0 Å². The summed E-state index contributed by atoms with van der Waals surface area (Å²) in [7, 11) is -7.63. The molecule has 0 N–H and O–H groups in total. The maximum Gasteiger partial charge on any atom is 0.147 e. The zero-order valence-electron chi connectivity index (χ0n) is 13.1. The lowest BCUT2D eigenvalue weighted by atomic mass is 10.3. The zero-order chi connectivity index (χ0) is 17.7. The lowest BCUT2D eigenvalue weighted by Crippen LogP contribution is -2.61. The lowest BCUT2D eigenvalue weighted by molar-refractivity contribution is -1.91. The highest BCUT2D eigenvalue weighted by Gasteiger charge is 2.58. The number of Topliss-reactive ketones (excluding diaryl/α,β-unsaturated/α-hetero) is 1. The topological polar surface area (TPSA) is 105 Å². The van der Waals surface area contributed by atoms with Gasteiger partial charge in [-0.15, -0.1) is 0 Å². The Balaban J connectivity index is 2.03. The molecule has 0 radical (unpaired) electrons. The van der Waals surface area contributed by atoms with E-state index in [-0.39, 0.29) is 5.78 Å². The van der Waals surface area contributed by atoms with E-state index in [1.165, 1.54) is 0 Å². The van der Waals surface area contributed by atoms with Gasteiger partial charge in [-0.3, -0.25) is 4.79 Å². The van der Waals surface area contributed by atoms with E-state index < -0.39 is 25.8 Å². The number of carbonyl (C=O) groups excluding carboxylic acids is 1. The van der Waals surface area contributed by atoms with Crippen LogP contribution in [0.1, 0.15) is 19.3 Å². The summed E-state index contributed by atoms with van der Waals surface area (Å²) in [5, 5.41) is -0.685. The third-order valence-electron chi connectivity index (χ3n) is 4.40. The van der Waals surface area contributed by atoms with E-state index in [0.29, 0.717) is 40.6 Å². The Morgan fingerprint density at radius 3 is 2.04 bits per heavy atom. The summed E-state index contributed by atoms with van der Waals surface area (Å²) in [5.74, 6) is 0.741. The molecule has 0 aromatic heterocycles. The third kappa shape index (κ3) is 2.73. The van der Waals surface area contributed by atoms with E-state index in [1.54, 1.807) is 48.5 Å². The summed E-state index contributed by atoms with van der Waals surface area (Å²) in [6, 6.07) is 13.6. The van der Waals surface area contributed by atoms with Crippen molar-refractivity contribution in [1.29, 1.82) is 0 Å². The quantitative estimate of drug-likeness (QED) is 0.783. The van der Waals surface area contributed by atoms with Gasteiger partial charge >= 0.3 is 0 Å². The highest BCUT2D eigenvalue weighted by atomic mass is 35.7. The summed E-state index contributed by atoms with van der Waals surface area (Å²) >= 11 is 0. The van der Waals surface area contributed by atoms with E-state index in [9.17, 15) is 18.8 Å². The molecule has 1 heterocycles. The molecule has 1 atom stereocenters. The van der Waals surface area contributed by atoms with Gasteiger partial charge in [0.25, 0.3) is 0 Å². The average Bonchev–Trinajstić information content (AvgIpc) is 3.00. The monoisotopic (exact) mass is 382 g/mol. The van der Waals surface area contributed by atoms with Crippen molar-refractivity contribution in [1.82, 2.24) is 0 Å². The van der Waals surface area contributed by atoms with Gasteiger partial charge in [-0.25, -0.2) is 0 Å². The van der Waals surface area contributed by atoms with Crippen LogP contribution in [0, 0.1) is 10.2 Å². The van der Waals surface area contributed by atoms with Crippen LogP contribution in [0.25, 0.3) is 0 Å². The third-order valence-corrected chi connectivity index (χ3v) is 9.09. The van der Waals surface area contributed by atoms with Crippen molar-refractivity contribution in [2.24, 2.45) is 0 Å². The number of hydrogen-bond donors (Lipinski definition) is 0. The molecule has 4 rings (SSSR count). The summed E-state index contributed by atoms with van der Waals surface area (Å²) in [5.41, 5.74) is 0. The van der Waals surface area contributed by atoms with Gasteiger partial charge in [-0.2, -0.15) is 14.0 Å². The molecule has 0 spiro atoms. The van der Waals surface area contributed by atoms with Crippen LogP contribution in [0.2, 0.25) is 0 Å². The largest absolute Gasteiger partial charge is 0.455 e. The van der Waals surface area contributed by atoms with Crippen molar-refractivity contribution in [3.8, 4) is 11.5 Å². The van der Waals surface area contributed by atoms with Crippen LogP contribution < -0.4 is 18.7 Å². The number of ketones is 1. The highest BCUT2D eigenvalue weighted by molar-refractivity contribution is 8.31. The van der Waals surface area contributed by atoms with E-state index in [1.807, 2.05) is 0 Å². The standard InChI is InChI=1S/C17H15ClO6S/c19-12-6-5-11-15(12)25(24-18(20,21)22)16-9-3-1-7-13(16)23-14-8-2-4-10-17(14)25/h1-4,7-10,15H,5-6,11H2. The molecule has 1 saturated carbocycles. The van der Waals surface area contributed by atoms with E-state index in [2.05, 4.69) is 0 Å². The number of benzene rings is 2. The number of rotatable bonds is 3. The van der Waals surface area contributed by atoms with Crippen LogP contribution in [-0.2, 0) is 8.53 Å². The molecule has 0 bridgehead atoms. The summed E-state index contributed by atoms with van der Waals surface area (Å²) < 4.78 is 46.1. The second-order valence-corrected chi connectivity index (χ2v) is 9.79. The SMILES string of the molecule is O=C1CCCC1S1(O[Cl+3]([O-])([O-])[O-])c2ccccc2Oc2ccccc21. The Hall–Kier alpha value is -1.61. The molecule has 1 aliphatic carbocycles. The summed E-state index contributed by atoms with van der Waals surface area (Å²) in [4.78, 5) is 13.5.